The number of hydrogen-bond acceptors (Lipinski definition) is 5. The van der Waals surface area contributed by atoms with Crippen LogP contribution in [0.5, 0.6) is 0 Å². The fourth-order valence-corrected chi connectivity index (χ4v) is 4.98. The molecule has 0 bridgehead atoms. The molecule has 2 atom stereocenters. The summed E-state index contributed by atoms with van der Waals surface area (Å²) in [7, 11) is 0. The number of amides is 1. The fourth-order valence-electron chi connectivity index (χ4n) is 4.98. The third kappa shape index (κ3) is 3.03. The van der Waals surface area contributed by atoms with Crippen molar-refractivity contribution in [3.8, 4) is 0 Å². The minimum absolute atomic E-state index is 0.171. The minimum atomic E-state index is -4.47. The van der Waals surface area contributed by atoms with Gasteiger partial charge >= 0.3 is 6.18 Å². The maximum absolute atomic E-state index is 15.1. The zero-order valence-electron chi connectivity index (χ0n) is 17.5. The lowest BCUT2D eigenvalue weighted by Crippen LogP contribution is -2.46. The molecule has 0 spiro atoms. The number of halogens is 4. The highest BCUT2D eigenvalue weighted by atomic mass is 19.4. The molecule has 0 unspecified atom stereocenters. The van der Waals surface area contributed by atoms with E-state index in [1.54, 1.807) is 4.40 Å². The number of imidazole rings is 1. The van der Waals surface area contributed by atoms with Gasteiger partial charge in [0.25, 0.3) is 5.91 Å². The zero-order valence-corrected chi connectivity index (χ0v) is 17.5. The number of benzene rings is 2. The van der Waals surface area contributed by atoms with Gasteiger partial charge in [-0.15, -0.1) is 0 Å². The predicted octanol–water partition coefficient (Wildman–Crippen LogP) is 3.76. The summed E-state index contributed by atoms with van der Waals surface area (Å²) in [4.78, 5) is 23.3. The first-order valence-electron chi connectivity index (χ1n) is 10.6. The van der Waals surface area contributed by atoms with Crippen LogP contribution in [0.25, 0.3) is 16.6 Å². The van der Waals surface area contributed by atoms with Gasteiger partial charge in [-0.05, 0) is 29.3 Å². The van der Waals surface area contributed by atoms with Gasteiger partial charge in [0.2, 0.25) is 0 Å². The van der Waals surface area contributed by atoms with Gasteiger partial charge in [0, 0.05) is 19.0 Å². The summed E-state index contributed by atoms with van der Waals surface area (Å²) in [5, 5.41) is 0. The number of ether oxygens (including phenoxy) is 1. The second kappa shape index (κ2) is 7.13. The number of aromatic nitrogens is 3. The highest BCUT2D eigenvalue weighted by Gasteiger charge is 2.44. The Morgan fingerprint density at radius 2 is 2.00 bits per heavy atom. The van der Waals surface area contributed by atoms with E-state index in [1.165, 1.54) is 29.6 Å². The van der Waals surface area contributed by atoms with Crippen molar-refractivity contribution in [2.45, 2.75) is 24.7 Å². The molecule has 1 aliphatic heterocycles. The van der Waals surface area contributed by atoms with Crippen LogP contribution < -0.4 is 5.73 Å². The quantitative estimate of drug-likeness (QED) is 0.428. The van der Waals surface area contributed by atoms with Gasteiger partial charge in [-0.1, -0.05) is 6.07 Å². The van der Waals surface area contributed by atoms with Crippen molar-refractivity contribution in [2.75, 3.05) is 18.9 Å². The van der Waals surface area contributed by atoms with Gasteiger partial charge in [0.05, 0.1) is 53.4 Å². The lowest BCUT2D eigenvalue weighted by Gasteiger charge is -2.38. The average molecular weight is 471 g/mol. The van der Waals surface area contributed by atoms with Crippen molar-refractivity contribution < 1.29 is 27.1 Å². The molecule has 11 heteroatoms. The van der Waals surface area contributed by atoms with Crippen LogP contribution >= 0.6 is 0 Å². The largest absolute Gasteiger partial charge is 0.416 e. The van der Waals surface area contributed by atoms with Gasteiger partial charge < -0.3 is 15.4 Å². The van der Waals surface area contributed by atoms with E-state index in [9.17, 15) is 18.0 Å². The van der Waals surface area contributed by atoms with Gasteiger partial charge in [-0.3, -0.25) is 9.20 Å². The molecule has 3 heterocycles. The Morgan fingerprint density at radius 3 is 2.79 bits per heavy atom. The van der Waals surface area contributed by atoms with Gasteiger partial charge in [0.15, 0.2) is 0 Å². The molecule has 2 N–H and O–H groups in total. The van der Waals surface area contributed by atoms with E-state index < -0.39 is 35.6 Å². The van der Waals surface area contributed by atoms with E-state index in [1.807, 2.05) is 0 Å². The molecule has 6 rings (SSSR count). The van der Waals surface area contributed by atoms with Gasteiger partial charge in [-0.25, -0.2) is 14.4 Å². The smallest absolute Gasteiger partial charge is 0.382 e. The molecule has 1 fully saturated rings. The van der Waals surface area contributed by atoms with Crippen molar-refractivity contribution in [1.82, 2.24) is 19.3 Å². The molecule has 4 aromatic rings. The first-order chi connectivity index (χ1) is 16.2. The topological polar surface area (TPSA) is 85.8 Å². The highest BCUT2D eigenvalue weighted by Crippen LogP contribution is 2.43. The third-order valence-corrected chi connectivity index (χ3v) is 6.52. The molecule has 7 nitrogen and oxygen atoms in total. The number of nitrogens with two attached hydrogens (primary N) is 1. The van der Waals surface area contributed by atoms with E-state index in [4.69, 9.17) is 10.5 Å². The molecular formula is C23H17F4N5O2. The second-order valence-corrected chi connectivity index (χ2v) is 8.43. The number of hydrogen-bond donors (Lipinski definition) is 1. The Bertz CT molecular complexity index is 1480. The Kier molecular flexibility index (Phi) is 4.37. The maximum Gasteiger partial charge on any atom is 0.416 e. The van der Waals surface area contributed by atoms with E-state index in [-0.39, 0.29) is 36.5 Å². The van der Waals surface area contributed by atoms with Gasteiger partial charge in [-0.2, -0.15) is 13.2 Å². The van der Waals surface area contributed by atoms with Crippen LogP contribution in [-0.4, -0.2) is 44.4 Å². The van der Waals surface area contributed by atoms with Crippen LogP contribution in [0.2, 0.25) is 0 Å². The molecule has 2 aromatic heterocycles. The number of carbonyl (C=O) groups is 1. The predicted molar refractivity (Wildman–Crippen MR) is 114 cm³/mol. The normalized spacial score (nSPS) is 20.1. The maximum atomic E-state index is 15.1. The molecule has 0 radical (unpaired) electrons. The average Bonchev–Trinajstić information content (AvgIpc) is 3.42. The minimum Gasteiger partial charge on any atom is -0.382 e. The number of nitrogens with zero attached hydrogens (tertiary/aromatic N) is 4. The standard InChI is InChI=1S/C23H17F4N5O2/c24-15-8-16-17(32-10-29-9-18(32)21(28)30-16)7-14(15)22(33)31-3-4-34-19-6-11-5-12(23(25,26)27)1-2-13(11)20(19)31/h1-2,5,7-10,19-20H,3-4,6H2,(H2,28,30)/t19-,20+/m1/s1. The van der Waals surface area contributed by atoms with E-state index in [0.717, 1.165) is 18.2 Å². The molecule has 1 aliphatic carbocycles. The number of alkyl halides is 3. The molecule has 2 aliphatic rings. The number of nitrogen functional groups attached to an aromatic ring is 1. The zero-order chi connectivity index (χ0) is 23.8. The lowest BCUT2D eigenvalue weighted by molar-refractivity contribution is -0.137. The summed E-state index contributed by atoms with van der Waals surface area (Å²) in [6.07, 6.45) is -1.71. The van der Waals surface area contributed by atoms with Crippen molar-refractivity contribution in [3.05, 3.63) is 70.9 Å². The fraction of sp³-hybridized carbons (Fsp3) is 0.261. The van der Waals surface area contributed by atoms with Crippen LogP contribution in [0, 0.1) is 5.82 Å². The van der Waals surface area contributed by atoms with E-state index in [2.05, 4.69) is 9.97 Å². The van der Waals surface area contributed by atoms with Crippen molar-refractivity contribution in [2.24, 2.45) is 0 Å². The molecular weight excluding hydrogens is 454 g/mol. The Labute approximate surface area is 189 Å². The Balaban J connectivity index is 1.43. The van der Waals surface area contributed by atoms with Gasteiger partial charge in [0.1, 0.15) is 17.2 Å². The molecule has 2 aromatic carbocycles. The third-order valence-electron chi connectivity index (χ3n) is 6.52. The highest BCUT2D eigenvalue weighted by molar-refractivity contribution is 5.99. The summed E-state index contributed by atoms with van der Waals surface area (Å²) in [6.45, 7) is 0.379. The number of anilines is 1. The molecule has 34 heavy (non-hydrogen) atoms. The van der Waals surface area contributed by atoms with Crippen molar-refractivity contribution >= 4 is 28.3 Å². The van der Waals surface area contributed by atoms with Crippen LogP contribution in [0.4, 0.5) is 23.4 Å². The lowest BCUT2D eigenvalue weighted by atomic mass is 10.0. The van der Waals surface area contributed by atoms with Crippen LogP contribution in [0.1, 0.15) is 33.1 Å². The summed E-state index contributed by atoms with van der Waals surface area (Å²) in [5.41, 5.74) is 7.30. The second-order valence-electron chi connectivity index (χ2n) is 8.43. The number of rotatable bonds is 1. The van der Waals surface area contributed by atoms with Crippen LogP contribution in [0.15, 0.2) is 42.9 Å². The summed E-state index contributed by atoms with van der Waals surface area (Å²) >= 11 is 0. The monoisotopic (exact) mass is 471 g/mol. The van der Waals surface area contributed by atoms with Crippen molar-refractivity contribution in [1.29, 1.82) is 0 Å². The van der Waals surface area contributed by atoms with E-state index in [0.29, 0.717) is 22.2 Å². The van der Waals surface area contributed by atoms with Crippen molar-refractivity contribution in [3.63, 3.8) is 0 Å². The van der Waals surface area contributed by atoms with Crippen LogP contribution in [0.3, 0.4) is 0 Å². The first kappa shape index (κ1) is 20.8. The first-order valence-corrected chi connectivity index (χ1v) is 10.6. The van der Waals surface area contributed by atoms with E-state index >= 15 is 4.39 Å². The summed E-state index contributed by atoms with van der Waals surface area (Å²) in [5.74, 6) is -1.16. The molecule has 1 saturated heterocycles. The molecule has 0 saturated carbocycles. The number of carbonyl (C=O) groups excluding carboxylic acids is 1. The van der Waals surface area contributed by atoms with Crippen LogP contribution in [-0.2, 0) is 17.3 Å². The Hall–Kier alpha value is -3.73. The number of morpholine rings is 1. The summed E-state index contributed by atoms with van der Waals surface area (Å²) in [6, 6.07) is 5.43. The summed E-state index contributed by atoms with van der Waals surface area (Å²) < 4.78 is 62.0. The Morgan fingerprint density at radius 1 is 1.18 bits per heavy atom. The SMILES string of the molecule is Nc1nc2cc(F)c(C(=O)N3CCO[C@@H]4Cc5cc(C(F)(F)F)ccc5[C@@H]43)cc2n2cncc12. The molecule has 174 valence electrons. The molecule has 1 amide bonds. The number of fused-ring (bicyclic) bond motifs is 6.